The first-order chi connectivity index (χ1) is 13.0. The molecule has 3 amide bonds. The lowest BCUT2D eigenvalue weighted by Crippen LogP contribution is -2.63. The molecule has 3 aliphatic heterocycles. The van der Waals surface area contributed by atoms with Crippen LogP contribution in [0.3, 0.4) is 0 Å². The standard InChI is InChI=1S/C18H22FN5O3/c1-22-16-15(17(25)21-18(22)26)24(10-12-4-2-3-5-13(12)19)14(20-16)11-23-6-8-27-9-7-23/h2-5,15-16H,6-11H2,1H3,(H,21,25,26). The van der Waals surface area contributed by atoms with Crippen molar-refractivity contribution < 1.29 is 18.7 Å². The number of halogens is 1. The number of carbonyl (C=O) groups is 2. The molecular formula is C18H22FN5O3. The van der Waals surface area contributed by atoms with Crippen molar-refractivity contribution in [3.8, 4) is 0 Å². The lowest BCUT2D eigenvalue weighted by Gasteiger charge is -2.37. The molecule has 0 radical (unpaired) electrons. The number of benzene rings is 1. The third-order valence-electron chi connectivity index (χ3n) is 5.21. The summed E-state index contributed by atoms with van der Waals surface area (Å²) in [5.41, 5.74) is 0.486. The van der Waals surface area contributed by atoms with E-state index >= 15 is 0 Å². The van der Waals surface area contributed by atoms with Crippen LogP contribution in [-0.4, -0.2) is 84.6 Å². The van der Waals surface area contributed by atoms with Crippen LogP contribution in [-0.2, 0) is 16.1 Å². The molecule has 2 saturated heterocycles. The first kappa shape index (κ1) is 17.9. The Kier molecular flexibility index (Phi) is 4.79. The van der Waals surface area contributed by atoms with E-state index in [9.17, 15) is 14.0 Å². The van der Waals surface area contributed by atoms with Gasteiger partial charge in [-0.25, -0.2) is 14.2 Å². The zero-order valence-electron chi connectivity index (χ0n) is 15.1. The molecule has 1 aromatic carbocycles. The van der Waals surface area contributed by atoms with Gasteiger partial charge in [0, 0.05) is 32.2 Å². The normalized spacial score (nSPS) is 26.1. The second-order valence-electron chi connectivity index (χ2n) is 6.92. The molecule has 0 spiro atoms. The second kappa shape index (κ2) is 7.24. The Hall–Kier alpha value is -2.52. The van der Waals surface area contributed by atoms with Crippen molar-refractivity contribution in [1.29, 1.82) is 0 Å². The van der Waals surface area contributed by atoms with Gasteiger partial charge in [-0.15, -0.1) is 0 Å². The Morgan fingerprint density at radius 3 is 2.70 bits per heavy atom. The van der Waals surface area contributed by atoms with Gasteiger partial charge in [-0.1, -0.05) is 18.2 Å². The van der Waals surface area contributed by atoms with Gasteiger partial charge in [0.1, 0.15) is 11.7 Å². The van der Waals surface area contributed by atoms with Gasteiger partial charge in [0.05, 0.1) is 19.8 Å². The van der Waals surface area contributed by atoms with E-state index in [1.807, 2.05) is 4.90 Å². The number of urea groups is 1. The maximum atomic E-state index is 14.2. The number of rotatable bonds is 4. The number of amidine groups is 1. The van der Waals surface area contributed by atoms with Gasteiger partial charge in [-0.3, -0.25) is 15.0 Å². The molecule has 0 aliphatic carbocycles. The van der Waals surface area contributed by atoms with Gasteiger partial charge in [-0.2, -0.15) is 0 Å². The van der Waals surface area contributed by atoms with Gasteiger partial charge in [0.15, 0.2) is 12.2 Å². The Labute approximate surface area is 156 Å². The number of morpholine rings is 1. The molecule has 0 bridgehead atoms. The van der Waals surface area contributed by atoms with Crippen LogP contribution in [0.5, 0.6) is 0 Å². The minimum absolute atomic E-state index is 0.215. The monoisotopic (exact) mass is 375 g/mol. The Morgan fingerprint density at radius 1 is 1.22 bits per heavy atom. The summed E-state index contributed by atoms with van der Waals surface area (Å²) >= 11 is 0. The average Bonchev–Trinajstić information content (AvgIpc) is 3.01. The summed E-state index contributed by atoms with van der Waals surface area (Å²) in [6, 6.07) is 5.37. The third kappa shape index (κ3) is 3.40. The number of carbonyl (C=O) groups excluding carboxylic acids is 2. The molecular weight excluding hydrogens is 353 g/mol. The molecule has 9 heteroatoms. The number of likely N-dealkylation sites (N-methyl/N-ethyl adjacent to an activating group) is 1. The molecule has 27 heavy (non-hydrogen) atoms. The highest BCUT2D eigenvalue weighted by Gasteiger charge is 2.48. The first-order valence-electron chi connectivity index (χ1n) is 8.99. The van der Waals surface area contributed by atoms with Crippen molar-refractivity contribution in [2.45, 2.75) is 18.8 Å². The number of hydrogen-bond donors (Lipinski definition) is 1. The number of nitrogens with one attached hydrogen (secondary N) is 1. The van der Waals surface area contributed by atoms with Gasteiger partial charge in [0.2, 0.25) is 0 Å². The molecule has 0 aromatic heterocycles. The number of aliphatic imine (C=N–C) groups is 1. The Morgan fingerprint density at radius 2 is 1.96 bits per heavy atom. The van der Waals surface area contributed by atoms with E-state index in [0.29, 0.717) is 31.2 Å². The molecule has 8 nitrogen and oxygen atoms in total. The molecule has 0 saturated carbocycles. The van der Waals surface area contributed by atoms with Crippen molar-refractivity contribution in [2.75, 3.05) is 39.9 Å². The van der Waals surface area contributed by atoms with E-state index < -0.39 is 24.1 Å². The van der Waals surface area contributed by atoms with E-state index in [2.05, 4.69) is 15.2 Å². The molecule has 144 valence electrons. The highest BCUT2D eigenvalue weighted by molar-refractivity contribution is 6.04. The van der Waals surface area contributed by atoms with E-state index in [4.69, 9.17) is 4.74 Å². The summed E-state index contributed by atoms with van der Waals surface area (Å²) < 4.78 is 19.6. The van der Waals surface area contributed by atoms with Crippen LogP contribution in [0.2, 0.25) is 0 Å². The summed E-state index contributed by atoms with van der Waals surface area (Å²) in [7, 11) is 1.61. The zero-order chi connectivity index (χ0) is 19.0. The van der Waals surface area contributed by atoms with E-state index in [1.165, 1.54) is 11.0 Å². The molecule has 2 atom stereocenters. The maximum Gasteiger partial charge on any atom is 0.325 e. The van der Waals surface area contributed by atoms with Crippen LogP contribution >= 0.6 is 0 Å². The fourth-order valence-corrected chi connectivity index (χ4v) is 3.67. The summed E-state index contributed by atoms with van der Waals surface area (Å²) in [4.78, 5) is 34.6. The predicted molar refractivity (Wildman–Crippen MR) is 95.5 cm³/mol. The molecule has 1 N–H and O–H groups in total. The summed E-state index contributed by atoms with van der Waals surface area (Å²) in [6.45, 7) is 3.57. The average molecular weight is 375 g/mol. The minimum atomic E-state index is -0.664. The molecule has 1 aromatic rings. The van der Waals surface area contributed by atoms with Crippen LogP contribution in [0, 0.1) is 5.82 Å². The van der Waals surface area contributed by atoms with Gasteiger partial charge in [0.25, 0.3) is 5.91 Å². The zero-order valence-corrected chi connectivity index (χ0v) is 15.1. The van der Waals surface area contributed by atoms with Crippen LogP contribution in [0.1, 0.15) is 5.56 Å². The number of amides is 3. The van der Waals surface area contributed by atoms with Crippen LogP contribution in [0.25, 0.3) is 0 Å². The lowest BCUT2D eigenvalue weighted by molar-refractivity contribution is -0.127. The van der Waals surface area contributed by atoms with Crippen molar-refractivity contribution in [1.82, 2.24) is 20.0 Å². The van der Waals surface area contributed by atoms with Crippen molar-refractivity contribution >= 4 is 17.8 Å². The number of nitrogens with zero attached hydrogens (tertiary/aromatic N) is 4. The van der Waals surface area contributed by atoms with Crippen molar-refractivity contribution in [2.24, 2.45) is 4.99 Å². The molecule has 3 heterocycles. The van der Waals surface area contributed by atoms with Crippen LogP contribution in [0.15, 0.2) is 29.3 Å². The summed E-state index contributed by atoms with van der Waals surface area (Å²) in [5, 5.41) is 2.36. The topological polar surface area (TPSA) is 77.5 Å². The van der Waals surface area contributed by atoms with Crippen molar-refractivity contribution in [3.63, 3.8) is 0 Å². The van der Waals surface area contributed by atoms with Gasteiger partial charge in [-0.05, 0) is 6.07 Å². The van der Waals surface area contributed by atoms with Crippen molar-refractivity contribution in [3.05, 3.63) is 35.6 Å². The highest BCUT2D eigenvalue weighted by Crippen LogP contribution is 2.27. The summed E-state index contributed by atoms with van der Waals surface area (Å²) in [5.74, 6) is -0.0423. The largest absolute Gasteiger partial charge is 0.379 e. The summed E-state index contributed by atoms with van der Waals surface area (Å²) in [6.07, 6.45) is -0.603. The van der Waals surface area contributed by atoms with E-state index in [1.54, 1.807) is 25.2 Å². The maximum absolute atomic E-state index is 14.2. The molecule has 2 fully saturated rings. The highest BCUT2D eigenvalue weighted by atomic mass is 19.1. The van der Waals surface area contributed by atoms with E-state index in [-0.39, 0.29) is 12.4 Å². The fourth-order valence-electron chi connectivity index (χ4n) is 3.67. The van der Waals surface area contributed by atoms with E-state index in [0.717, 1.165) is 13.1 Å². The van der Waals surface area contributed by atoms with Crippen LogP contribution in [0.4, 0.5) is 9.18 Å². The Balaban J connectivity index is 1.63. The van der Waals surface area contributed by atoms with Crippen LogP contribution < -0.4 is 5.32 Å². The SMILES string of the molecule is CN1C(=O)NC(=O)C2C1N=C(CN1CCOCC1)N2Cc1ccccc1F. The molecule has 3 aliphatic rings. The quantitative estimate of drug-likeness (QED) is 0.816. The second-order valence-corrected chi connectivity index (χ2v) is 6.92. The lowest BCUT2D eigenvalue weighted by atomic mass is 10.1. The Bertz CT molecular complexity index is 780. The first-order valence-corrected chi connectivity index (χ1v) is 8.99. The molecule has 2 unspecified atom stereocenters. The van der Waals surface area contributed by atoms with Gasteiger partial charge < -0.3 is 14.5 Å². The fraction of sp³-hybridized carbons (Fsp3) is 0.500. The molecule has 4 rings (SSSR count). The number of ether oxygens (including phenoxy) is 1. The number of hydrogen-bond acceptors (Lipinski definition) is 6. The van der Waals surface area contributed by atoms with Gasteiger partial charge >= 0.3 is 6.03 Å². The number of fused-ring (bicyclic) bond motifs is 1. The predicted octanol–water partition coefficient (Wildman–Crippen LogP) is 0.248. The number of imide groups is 1. The smallest absolute Gasteiger partial charge is 0.325 e. The minimum Gasteiger partial charge on any atom is -0.379 e. The third-order valence-corrected chi connectivity index (χ3v) is 5.21.